The molecular weight excluding hydrogens is 388 g/mol. The first kappa shape index (κ1) is 19.6. The van der Waals surface area contributed by atoms with Crippen molar-refractivity contribution < 1.29 is 14.6 Å². The van der Waals surface area contributed by atoms with Crippen molar-refractivity contribution in [3.05, 3.63) is 67.2 Å². The Bertz CT molecular complexity index is 944. The van der Waals surface area contributed by atoms with Crippen LogP contribution in [0.2, 0.25) is 5.02 Å². The highest BCUT2D eigenvalue weighted by Crippen LogP contribution is 2.32. The lowest BCUT2D eigenvalue weighted by Gasteiger charge is -2.28. The highest BCUT2D eigenvalue weighted by Gasteiger charge is 2.23. The van der Waals surface area contributed by atoms with Gasteiger partial charge in [-0.25, -0.2) is 0 Å². The van der Waals surface area contributed by atoms with E-state index in [1.807, 2.05) is 4.90 Å². The van der Waals surface area contributed by atoms with E-state index in [0.717, 1.165) is 38.4 Å². The highest BCUT2D eigenvalue weighted by molar-refractivity contribution is 6.34. The molecule has 0 saturated carbocycles. The number of hydrogen-bond donors (Lipinski definition) is 1. The quantitative estimate of drug-likeness (QED) is 0.582. The lowest BCUT2D eigenvalue weighted by molar-refractivity contribution is -0.384. The van der Waals surface area contributed by atoms with E-state index in [4.69, 9.17) is 11.6 Å². The molecule has 0 radical (unpaired) electrons. The summed E-state index contributed by atoms with van der Waals surface area (Å²) in [6.45, 7) is 1.48. The minimum atomic E-state index is -0.597. The van der Waals surface area contributed by atoms with Gasteiger partial charge in [-0.05, 0) is 37.5 Å². The summed E-state index contributed by atoms with van der Waals surface area (Å²) in [5.41, 5.74) is 0.436. The number of nitrogens with zero attached hydrogens (tertiary/aromatic N) is 3. The molecule has 0 bridgehead atoms. The van der Waals surface area contributed by atoms with Gasteiger partial charge in [0.1, 0.15) is 5.69 Å². The molecule has 1 aliphatic heterocycles. The van der Waals surface area contributed by atoms with Gasteiger partial charge in [0.15, 0.2) is 0 Å². The predicted octanol–water partition coefficient (Wildman–Crippen LogP) is 4.40. The Kier molecular flexibility index (Phi) is 5.74. The number of carbonyl (C=O) groups excluding carboxylic acids is 1. The van der Waals surface area contributed by atoms with Crippen LogP contribution in [-0.4, -0.2) is 28.8 Å². The number of nitro groups is 2. The molecule has 1 fully saturated rings. The van der Waals surface area contributed by atoms with E-state index in [9.17, 15) is 25.0 Å². The fourth-order valence-electron chi connectivity index (χ4n) is 3.13. The Hall–Kier alpha value is -3.20. The molecule has 0 aromatic heterocycles. The number of carbonyl (C=O) groups is 1. The topological polar surface area (TPSA) is 119 Å². The summed E-state index contributed by atoms with van der Waals surface area (Å²) in [5, 5.41) is 24.8. The van der Waals surface area contributed by atoms with Crippen LogP contribution in [0.15, 0.2) is 36.4 Å². The van der Waals surface area contributed by atoms with Crippen molar-refractivity contribution in [2.24, 2.45) is 0 Å². The number of non-ortho nitro benzene ring substituents is 1. The molecule has 1 aliphatic rings. The van der Waals surface area contributed by atoms with Crippen LogP contribution in [0.5, 0.6) is 0 Å². The third kappa shape index (κ3) is 4.20. The molecule has 2 aromatic carbocycles. The van der Waals surface area contributed by atoms with Gasteiger partial charge < -0.3 is 10.2 Å². The number of rotatable bonds is 5. The summed E-state index contributed by atoms with van der Waals surface area (Å²) < 4.78 is 0. The number of nitrogens with one attached hydrogen (secondary N) is 1. The summed E-state index contributed by atoms with van der Waals surface area (Å²) in [5.74, 6) is -0.593. The SMILES string of the molecule is O=C(Nc1ccc([N+](=O)[O-])cc1Cl)c1ccc(N2CCCCC2)c([N+](=O)[O-])c1. The lowest BCUT2D eigenvalue weighted by Crippen LogP contribution is -2.30. The normalized spacial score (nSPS) is 13.8. The summed E-state index contributed by atoms with van der Waals surface area (Å²) >= 11 is 5.98. The molecule has 1 saturated heterocycles. The highest BCUT2D eigenvalue weighted by atomic mass is 35.5. The third-order valence-corrected chi connectivity index (χ3v) is 4.86. The van der Waals surface area contributed by atoms with Crippen LogP contribution in [0, 0.1) is 20.2 Å². The fourth-order valence-corrected chi connectivity index (χ4v) is 3.35. The molecular formula is C18H17ClN4O5. The van der Waals surface area contributed by atoms with E-state index in [-0.39, 0.29) is 27.6 Å². The van der Waals surface area contributed by atoms with Crippen LogP contribution < -0.4 is 10.2 Å². The first-order chi connectivity index (χ1) is 13.4. The number of halogens is 1. The van der Waals surface area contributed by atoms with Crippen molar-refractivity contribution in [1.29, 1.82) is 0 Å². The maximum absolute atomic E-state index is 12.5. The molecule has 0 spiro atoms. The summed E-state index contributed by atoms with van der Waals surface area (Å²) in [4.78, 5) is 35.6. The number of nitro benzene ring substituents is 2. The van der Waals surface area contributed by atoms with Gasteiger partial charge in [0.05, 0.1) is 20.6 Å². The molecule has 0 atom stereocenters. The molecule has 1 heterocycles. The van der Waals surface area contributed by atoms with Crippen LogP contribution in [0.4, 0.5) is 22.7 Å². The van der Waals surface area contributed by atoms with Crippen LogP contribution >= 0.6 is 11.6 Å². The second-order valence-corrected chi connectivity index (χ2v) is 6.79. The molecule has 0 unspecified atom stereocenters. The zero-order valence-corrected chi connectivity index (χ0v) is 15.5. The van der Waals surface area contributed by atoms with Crippen LogP contribution in [0.3, 0.4) is 0 Å². The second kappa shape index (κ2) is 8.22. The summed E-state index contributed by atoms with van der Waals surface area (Å²) in [6.07, 6.45) is 3.04. The standard InChI is InChI=1S/C18H17ClN4O5/c19-14-11-13(22(25)26)5-6-15(14)20-18(24)12-4-7-16(17(10-12)23(27)28)21-8-2-1-3-9-21/h4-7,10-11H,1-3,8-9H2,(H,20,24). The van der Waals surface area contributed by atoms with E-state index >= 15 is 0 Å². The van der Waals surface area contributed by atoms with Gasteiger partial charge in [0.2, 0.25) is 0 Å². The molecule has 1 N–H and O–H groups in total. The molecule has 9 nitrogen and oxygen atoms in total. The summed E-state index contributed by atoms with van der Waals surface area (Å²) in [7, 11) is 0. The monoisotopic (exact) mass is 404 g/mol. The van der Waals surface area contributed by atoms with E-state index < -0.39 is 15.8 Å². The molecule has 10 heteroatoms. The van der Waals surface area contributed by atoms with E-state index in [2.05, 4.69) is 5.32 Å². The number of anilines is 2. The van der Waals surface area contributed by atoms with Gasteiger partial charge >= 0.3 is 0 Å². The van der Waals surface area contributed by atoms with Gasteiger partial charge in [-0.1, -0.05) is 11.6 Å². The van der Waals surface area contributed by atoms with Crippen LogP contribution in [0.25, 0.3) is 0 Å². The van der Waals surface area contributed by atoms with Crippen LogP contribution in [0.1, 0.15) is 29.6 Å². The van der Waals surface area contributed by atoms with E-state index in [1.54, 1.807) is 6.07 Å². The maximum Gasteiger partial charge on any atom is 0.293 e. The molecule has 28 heavy (non-hydrogen) atoms. The lowest BCUT2D eigenvalue weighted by atomic mass is 10.1. The molecule has 2 aromatic rings. The minimum Gasteiger partial charge on any atom is -0.366 e. The first-order valence-electron chi connectivity index (χ1n) is 8.65. The Labute approximate surface area is 165 Å². The molecule has 146 valence electrons. The number of hydrogen-bond acceptors (Lipinski definition) is 6. The van der Waals surface area contributed by atoms with Gasteiger partial charge in [-0.2, -0.15) is 0 Å². The average Bonchev–Trinajstić information content (AvgIpc) is 2.69. The molecule has 1 amide bonds. The Morgan fingerprint density at radius 3 is 2.32 bits per heavy atom. The molecule has 3 rings (SSSR count). The number of benzene rings is 2. The fraction of sp³-hybridized carbons (Fsp3) is 0.278. The third-order valence-electron chi connectivity index (χ3n) is 4.54. The first-order valence-corrected chi connectivity index (χ1v) is 9.03. The second-order valence-electron chi connectivity index (χ2n) is 6.38. The van der Waals surface area contributed by atoms with E-state index in [0.29, 0.717) is 5.69 Å². The summed E-state index contributed by atoms with van der Waals surface area (Å²) in [6, 6.07) is 7.98. The van der Waals surface area contributed by atoms with E-state index in [1.165, 1.54) is 24.3 Å². The van der Waals surface area contributed by atoms with Crippen LogP contribution in [-0.2, 0) is 0 Å². The largest absolute Gasteiger partial charge is 0.366 e. The predicted molar refractivity (Wildman–Crippen MR) is 105 cm³/mol. The minimum absolute atomic E-state index is 0.00184. The van der Waals surface area contributed by atoms with Crippen molar-refractivity contribution >= 4 is 40.3 Å². The smallest absolute Gasteiger partial charge is 0.293 e. The Morgan fingerprint density at radius 1 is 1.00 bits per heavy atom. The van der Waals surface area contributed by atoms with Crippen molar-refractivity contribution in [2.75, 3.05) is 23.3 Å². The average molecular weight is 405 g/mol. The molecule has 0 aliphatic carbocycles. The van der Waals surface area contributed by atoms with Gasteiger partial charge in [-0.15, -0.1) is 0 Å². The Morgan fingerprint density at radius 2 is 1.71 bits per heavy atom. The number of piperidine rings is 1. The van der Waals surface area contributed by atoms with Crippen molar-refractivity contribution in [3.8, 4) is 0 Å². The van der Waals surface area contributed by atoms with Gasteiger partial charge in [-0.3, -0.25) is 25.0 Å². The zero-order chi connectivity index (χ0) is 20.3. The number of amides is 1. The van der Waals surface area contributed by atoms with Crippen molar-refractivity contribution in [2.45, 2.75) is 19.3 Å². The van der Waals surface area contributed by atoms with Crippen molar-refractivity contribution in [3.63, 3.8) is 0 Å². The van der Waals surface area contributed by atoms with Gasteiger partial charge in [0.25, 0.3) is 17.3 Å². The zero-order valence-electron chi connectivity index (χ0n) is 14.8. The van der Waals surface area contributed by atoms with Crippen molar-refractivity contribution in [1.82, 2.24) is 0 Å². The Balaban J connectivity index is 1.85. The van der Waals surface area contributed by atoms with Gasteiger partial charge in [0, 0.05) is 36.9 Å². The maximum atomic E-state index is 12.5.